The highest BCUT2D eigenvalue weighted by molar-refractivity contribution is 5.98. The van der Waals surface area contributed by atoms with Crippen LogP contribution >= 0.6 is 0 Å². The number of benzene rings is 1. The molecule has 1 aromatic heterocycles. The van der Waals surface area contributed by atoms with Crippen molar-refractivity contribution in [3.05, 3.63) is 42.1 Å². The van der Waals surface area contributed by atoms with E-state index in [9.17, 15) is 22.8 Å². The van der Waals surface area contributed by atoms with Crippen molar-refractivity contribution in [2.75, 3.05) is 22.9 Å². The summed E-state index contributed by atoms with van der Waals surface area (Å²) in [5.74, 6) is -2.68. The van der Waals surface area contributed by atoms with E-state index in [-0.39, 0.29) is 48.2 Å². The molecule has 6 nitrogen and oxygen atoms in total. The zero-order valence-electron chi connectivity index (χ0n) is 15.6. The lowest BCUT2D eigenvalue weighted by Crippen LogP contribution is -2.28. The third-order valence-electron chi connectivity index (χ3n) is 5.16. The van der Waals surface area contributed by atoms with Gasteiger partial charge in [0.05, 0.1) is 12.2 Å². The van der Waals surface area contributed by atoms with E-state index in [1.807, 2.05) is 6.92 Å². The molecule has 29 heavy (non-hydrogen) atoms. The van der Waals surface area contributed by atoms with E-state index in [2.05, 4.69) is 4.98 Å². The summed E-state index contributed by atoms with van der Waals surface area (Å²) in [5, 5.41) is 0. The van der Waals surface area contributed by atoms with Crippen LogP contribution in [0.25, 0.3) is 11.1 Å². The van der Waals surface area contributed by atoms with Gasteiger partial charge in [0.15, 0.2) is 17.8 Å². The van der Waals surface area contributed by atoms with Gasteiger partial charge in [-0.15, -0.1) is 0 Å². The molecule has 2 amide bonds. The summed E-state index contributed by atoms with van der Waals surface area (Å²) in [7, 11) is 0. The van der Waals surface area contributed by atoms with Gasteiger partial charge in [-0.2, -0.15) is 0 Å². The van der Waals surface area contributed by atoms with E-state index >= 15 is 0 Å². The van der Waals surface area contributed by atoms with Crippen molar-refractivity contribution < 1.29 is 27.5 Å². The van der Waals surface area contributed by atoms with Gasteiger partial charge in [-0.3, -0.25) is 14.6 Å². The number of alkyl halides is 1. The first kappa shape index (κ1) is 19.2. The molecule has 0 saturated carbocycles. The second-order valence-electron chi connectivity index (χ2n) is 6.94. The molecule has 1 unspecified atom stereocenters. The minimum atomic E-state index is -1.54. The molecular weight excluding hydrogens is 387 g/mol. The minimum absolute atomic E-state index is 0.0407. The van der Waals surface area contributed by atoms with E-state index < -0.39 is 29.8 Å². The second-order valence-corrected chi connectivity index (χ2v) is 6.94. The number of rotatable bonds is 4. The van der Waals surface area contributed by atoms with Crippen LogP contribution in [0.15, 0.2) is 30.5 Å². The number of ether oxygens (including phenoxy) is 1. The normalized spacial score (nSPS) is 21.8. The molecule has 0 aliphatic carbocycles. The van der Waals surface area contributed by atoms with Gasteiger partial charge in [-0.05, 0) is 30.7 Å². The van der Waals surface area contributed by atoms with Crippen LogP contribution in [-0.2, 0) is 9.53 Å². The van der Waals surface area contributed by atoms with Gasteiger partial charge in [0.1, 0.15) is 11.9 Å². The summed E-state index contributed by atoms with van der Waals surface area (Å²) in [6, 6.07) is 5.62. The maximum absolute atomic E-state index is 14.7. The first-order valence-corrected chi connectivity index (χ1v) is 9.28. The molecule has 2 saturated heterocycles. The Hall–Kier alpha value is -3.10. The second kappa shape index (κ2) is 7.38. The van der Waals surface area contributed by atoms with Gasteiger partial charge < -0.3 is 4.74 Å². The highest BCUT2D eigenvalue weighted by atomic mass is 19.2. The average molecular weight is 405 g/mol. The number of cyclic esters (lactones) is 1. The molecule has 3 heterocycles. The Morgan fingerprint density at radius 1 is 1.14 bits per heavy atom. The van der Waals surface area contributed by atoms with Gasteiger partial charge in [0.25, 0.3) is 5.91 Å². The number of pyridine rings is 1. The highest BCUT2D eigenvalue weighted by Crippen LogP contribution is 2.33. The van der Waals surface area contributed by atoms with Gasteiger partial charge in [-0.1, -0.05) is 6.92 Å². The lowest BCUT2D eigenvalue weighted by molar-refractivity contribution is -0.121. The van der Waals surface area contributed by atoms with Crippen molar-refractivity contribution in [1.29, 1.82) is 0 Å². The Labute approximate surface area is 164 Å². The lowest BCUT2D eigenvalue weighted by Gasteiger charge is -2.17. The molecule has 0 spiro atoms. The zero-order chi connectivity index (χ0) is 20.7. The molecule has 2 aliphatic rings. The third-order valence-corrected chi connectivity index (χ3v) is 5.16. The van der Waals surface area contributed by atoms with Crippen LogP contribution in [0.2, 0.25) is 0 Å². The van der Waals surface area contributed by atoms with E-state index in [1.54, 1.807) is 0 Å². The predicted octanol–water partition coefficient (Wildman–Crippen LogP) is 3.84. The summed E-state index contributed by atoms with van der Waals surface area (Å²) in [5.41, 5.74) is 0.0602. The van der Waals surface area contributed by atoms with Crippen LogP contribution in [0.4, 0.5) is 29.5 Å². The molecule has 1 aromatic carbocycles. The fourth-order valence-electron chi connectivity index (χ4n) is 3.48. The molecule has 2 aromatic rings. The number of nitrogens with zero attached hydrogens (tertiary/aromatic N) is 3. The smallest absolute Gasteiger partial charge is 0.414 e. The average Bonchev–Trinajstić information content (AvgIpc) is 3.26. The molecule has 0 N–H and O–H groups in total. The molecule has 4 rings (SSSR count). The van der Waals surface area contributed by atoms with Crippen LogP contribution in [-0.4, -0.2) is 42.3 Å². The topological polar surface area (TPSA) is 62.7 Å². The summed E-state index contributed by atoms with van der Waals surface area (Å²) in [6.07, 6.45) is -0.649. The number of amides is 2. The molecule has 0 radical (unpaired) electrons. The first-order chi connectivity index (χ1) is 13.9. The largest absolute Gasteiger partial charge is 0.444 e. The van der Waals surface area contributed by atoms with Crippen molar-refractivity contribution in [3.63, 3.8) is 0 Å². The SMILES string of the molecule is CC[C@H]1CN(c2ccc(-c3ccc(N4CCC(F)C4=O)nc3)c(F)c2F)C(=O)O1. The maximum Gasteiger partial charge on any atom is 0.414 e. The molecule has 152 valence electrons. The fourth-order valence-corrected chi connectivity index (χ4v) is 3.48. The Balaban J connectivity index is 1.60. The Morgan fingerprint density at radius 3 is 2.52 bits per heavy atom. The van der Waals surface area contributed by atoms with Crippen LogP contribution in [0.5, 0.6) is 0 Å². The highest BCUT2D eigenvalue weighted by Gasteiger charge is 2.35. The molecule has 2 aliphatic heterocycles. The van der Waals surface area contributed by atoms with Crippen molar-refractivity contribution in [1.82, 2.24) is 4.98 Å². The summed E-state index contributed by atoms with van der Waals surface area (Å²) in [6.45, 7) is 2.21. The number of hydrogen-bond acceptors (Lipinski definition) is 4. The summed E-state index contributed by atoms with van der Waals surface area (Å²) >= 11 is 0. The molecule has 2 atom stereocenters. The van der Waals surface area contributed by atoms with Crippen molar-refractivity contribution >= 4 is 23.5 Å². The number of aromatic nitrogens is 1. The lowest BCUT2D eigenvalue weighted by atomic mass is 10.1. The number of carbonyl (C=O) groups is 2. The van der Waals surface area contributed by atoms with E-state index in [1.165, 1.54) is 35.4 Å². The molecule has 9 heteroatoms. The fraction of sp³-hybridized carbons (Fsp3) is 0.350. The molecule has 0 bridgehead atoms. The quantitative estimate of drug-likeness (QED) is 0.776. The number of anilines is 2. The number of hydrogen-bond donors (Lipinski definition) is 0. The van der Waals surface area contributed by atoms with Crippen molar-refractivity contribution in [2.24, 2.45) is 0 Å². The van der Waals surface area contributed by atoms with E-state index in [0.29, 0.717) is 6.42 Å². The van der Waals surface area contributed by atoms with E-state index in [0.717, 1.165) is 4.90 Å². The van der Waals surface area contributed by atoms with Crippen LogP contribution in [0.1, 0.15) is 19.8 Å². The first-order valence-electron chi connectivity index (χ1n) is 9.28. The van der Waals surface area contributed by atoms with Crippen LogP contribution < -0.4 is 9.80 Å². The summed E-state index contributed by atoms with van der Waals surface area (Å²) < 4.78 is 47.9. The van der Waals surface area contributed by atoms with Crippen LogP contribution in [0.3, 0.4) is 0 Å². The predicted molar refractivity (Wildman–Crippen MR) is 99.4 cm³/mol. The van der Waals surface area contributed by atoms with Crippen LogP contribution in [0, 0.1) is 11.6 Å². The Morgan fingerprint density at radius 2 is 1.93 bits per heavy atom. The zero-order valence-corrected chi connectivity index (χ0v) is 15.6. The standard InChI is InChI=1S/C20H18F3N3O3/c1-2-12-10-26(20(28)29-12)15-5-4-13(17(22)18(15)23)11-3-6-16(24-9-11)25-8-7-14(21)19(25)27/h3-6,9,12,14H,2,7-8,10H2,1H3/t12-,14?/m0/s1. The van der Waals surface area contributed by atoms with Crippen molar-refractivity contribution in [3.8, 4) is 11.1 Å². The van der Waals surface area contributed by atoms with E-state index in [4.69, 9.17) is 4.74 Å². The summed E-state index contributed by atoms with van der Waals surface area (Å²) in [4.78, 5) is 30.1. The minimum Gasteiger partial charge on any atom is -0.444 e. The van der Waals surface area contributed by atoms with Gasteiger partial charge in [0, 0.05) is 30.3 Å². The van der Waals surface area contributed by atoms with Crippen molar-refractivity contribution in [2.45, 2.75) is 32.0 Å². The monoisotopic (exact) mass is 405 g/mol. The van der Waals surface area contributed by atoms with Gasteiger partial charge >= 0.3 is 6.09 Å². The number of carbonyl (C=O) groups excluding carboxylic acids is 2. The molecular formula is C20H18F3N3O3. The Kier molecular flexibility index (Phi) is 4.89. The number of halogens is 3. The third kappa shape index (κ3) is 3.30. The Bertz CT molecular complexity index is 967. The van der Waals surface area contributed by atoms with Gasteiger partial charge in [-0.25, -0.2) is 22.9 Å². The maximum atomic E-state index is 14.7. The van der Waals surface area contributed by atoms with Gasteiger partial charge in [0.2, 0.25) is 0 Å². The molecule has 2 fully saturated rings.